The van der Waals surface area contributed by atoms with Crippen LogP contribution in [-0.2, 0) is 4.79 Å². The molecule has 0 saturated carbocycles. The molecular formula is C10H12FNO. The summed E-state index contributed by atoms with van der Waals surface area (Å²) in [5.74, 6) is -0.171. The molecule has 0 aliphatic rings. The Kier molecular flexibility index (Phi) is 3.01. The summed E-state index contributed by atoms with van der Waals surface area (Å²) in [6, 6.07) is 4.68. The number of anilines is 1. The van der Waals surface area contributed by atoms with Crippen molar-refractivity contribution in [3.63, 3.8) is 0 Å². The highest BCUT2D eigenvalue weighted by Gasteiger charge is 1.98. The van der Waals surface area contributed by atoms with E-state index in [9.17, 15) is 9.18 Å². The van der Waals surface area contributed by atoms with Gasteiger partial charge in [0.05, 0.1) is 6.54 Å². The van der Waals surface area contributed by atoms with Crippen molar-refractivity contribution in [2.45, 2.75) is 13.8 Å². The van der Waals surface area contributed by atoms with Crippen LogP contribution < -0.4 is 5.32 Å². The highest BCUT2D eigenvalue weighted by atomic mass is 19.1. The molecule has 0 aliphatic heterocycles. The van der Waals surface area contributed by atoms with Gasteiger partial charge in [0.1, 0.15) is 11.6 Å². The van der Waals surface area contributed by atoms with Crippen LogP contribution >= 0.6 is 0 Å². The standard InChI is InChI=1S/C10H12FNO/c1-7-5-9(3-4-10(7)11)12-6-8(2)13/h3-5,12H,6H2,1-2H3. The van der Waals surface area contributed by atoms with Crippen molar-refractivity contribution in [1.82, 2.24) is 0 Å². The topological polar surface area (TPSA) is 29.1 Å². The third kappa shape index (κ3) is 2.86. The first kappa shape index (κ1) is 9.71. The minimum atomic E-state index is -0.228. The summed E-state index contributed by atoms with van der Waals surface area (Å²) in [5, 5.41) is 2.90. The van der Waals surface area contributed by atoms with Crippen LogP contribution in [0, 0.1) is 12.7 Å². The van der Waals surface area contributed by atoms with Crippen LogP contribution in [0.1, 0.15) is 12.5 Å². The van der Waals surface area contributed by atoms with Crippen molar-refractivity contribution < 1.29 is 9.18 Å². The summed E-state index contributed by atoms with van der Waals surface area (Å²) in [6.07, 6.45) is 0. The Morgan fingerprint density at radius 2 is 2.23 bits per heavy atom. The molecule has 0 aromatic heterocycles. The number of hydrogen-bond donors (Lipinski definition) is 1. The van der Waals surface area contributed by atoms with E-state index in [2.05, 4.69) is 5.32 Å². The van der Waals surface area contributed by atoms with Crippen LogP contribution in [0.3, 0.4) is 0 Å². The Bertz CT molecular complexity index is 323. The molecule has 13 heavy (non-hydrogen) atoms. The van der Waals surface area contributed by atoms with Gasteiger partial charge < -0.3 is 5.32 Å². The Labute approximate surface area is 76.8 Å². The third-order valence-electron chi connectivity index (χ3n) is 1.70. The lowest BCUT2D eigenvalue weighted by molar-refractivity contribution is -0.115. The summed E-state index contributed by atoms with van der Waals surface area (Å²) < 4.78 is 12.8. The van der Waals surface area contributed by atoms with E-state index >= 15 is 0 Å². The molecule has 3 heteroatoms. The van der Waals surface area contributed by atoms with Gasteiger partial charge in [-0.3, -0.25) is 4.79 Å². The lowest BCUT2D eigenvalue weighted by Gasteiger charge is -2.04. The molecule has 70 valence electrons. The first-order valence-electron chi connectivity index (χ1n) is 4.09. The molecule has 0 radical (unpaired) electrons. The summed E-state index contributed by atoms with van der Waals surface area (Å²) in [4.78, 5) is 10.6. The Morgan fingerprint density at radius 1 is 1.54 bits per heavy atom. The van der Waals surface area contributed by atoms with E-state index < -0.39 is 0 Å². The smallest absolute Gasteiger partial charge is 0.148 e. The van der Waals surface area contributed by atoms with Crippen molar-refractivity contribution in [3.8, 4) is 0 Å². The quantitative estimate of drug-likeness (QED) is 0.774. The van der Waals surface area contributed by atoms with Gasteiger partial charge in [0.15, 0.2) is 0 Å². The van der Waals surface area contributed by atoms with Crippen molar-refractivity contribution in [3.05, 3.63) is 29.6 Å². The zero-order chi connectivity index (χ0) is 9.84. The van der Waals surface area contributed by atoms with Crippen LogP contribution in [0.2, 0.25) is 0 Å². The first-order chi connectivity index (χ1) is 6.09. The zero-order valence-corrected chi connectivity index (χ0v) is 7.73. The molecule has 0 spiro atoms. The SMILES string of the molecule is CC(=O)CNc1ccc(F)c(C)c1. The predicted octanol–water partition coefficient (Wildman–Crippen LogP) is 2.14. The van der Waals surface area contributed by atoms with E-state index in [1.165, 1.54) is 13.0 Å². The van der Waals surface area contributed by atoms with Crippen molar-refractivity contribution >= 4 is 11.5 Å². The lowest BCUT2D eigenvalue weighted by atomic mass is 10.2. The number of ketones is 1. The van der Waals surface area contributed by atoms with Crippen LogP contribution in [0.5, 0.6) is 0 Å². The number of benzene rings is 1. The molecule has 0 unspecified atom stereocenters. The number of carbonyl (C=O) groups is 1. The number of rotatable bonds is 3. The highest BCUT2D eigenvalue weighted by Crippen LogP contribution is 2.12. The molecule has 0 heterocycles. The second-order valence-electron chi connectivity index (χ2n) is 3.02. The minimum absolute atomic E-state index is 0.0574. The van der Waals surface area contributed by atoms with Crippen LogP contribution in [0.25, 0.3) is 0 Å². The van der Waals surface area contributed by atoms with Gasteiger partial charge in [-0.25, -0.2) is 4.39 Å². The van der Waals surface area contributed by atoms with E-state index in [1.54, 1.807) is 19.1 Å². The van der Waals surface area contributed by atoms with E-state index in [4.69, 9.17) is 0 Å². The number of hydrogen-bond acceptors (Lipinski definition) is 2. The van der Waals surface area contributed by atoms with Gasteiger partial charge in [0.2, 0.25) is 0 Å². The molecule has 0 bridgehead atoms. The molecule has 0 saturated heterocycles. The molecule has 1 rings (SSSR count). The molecule has 2 nitrogen and oxygen atoms in total. The van der Waals surface area contributed by atoms with Crippen LogP contribution in [0.4, 0.5) is 10.1 Å². The van der Waals surface area contributed by atoms with E-state index in [0.717, 1.165) is 5.69 Å². The number of nitrogens with one attached hydrogen (secondary N) is 1. The lowest BCUT2D eigenvalue weighted by Crippen LogP contribution is -2.09. The van der Waals surface area contributed by atoms with E-state index in [0.29, 0.717) is 5.56 Å². The zero-order valence-electron chi connectivity index (χ0n) is 7.73. The Morgan fingerprint density at radius 3 is 2.77 bits per heavy atom. The fourth-order valence-corrected chi connectivity index (χ4v) is 0.981. The first-order valence-corrected chi connectivity index (χ1v) is 4.09. The molecule has 1 N–H and O–H groups in total. The summed E-state index contributed by atoms with van der Waals surface area (Å²) in [7, 11) is 0. The minimum Gasteiger partial charge on any atom is -0.378 e. The van der Waals surface area contributed by atoms with Gasteiger partial charge in [0.25, 0.3) is 0 Å². The fraction of sp³-hybridized carbons (Fsp3) is 0.300. The van der Waals surface area contributed by atoms with Gasteiger partial charge >= 0.3 is 0 Å². The van der Waals surface area contributed by atoms with Crippen LogP contribution in [0.15, 0.2) is 18.2 Å². The van der Waals surface area contributed by atoms with Gasteiger partial charge in [-0.1, -0.05) is 0 Å². The van der Waals surface area contributed by atoms with E-state index in [1.807, 2.05) is 0 Å². The van der Waals surface area contributed by atoms with Gasteiger partial charge in [-0.05, 0) is 37.6 Å². The summed E-state index contributed by atoms with van der Waals surface area (Å²) >= 11 is 0. The molecule has 1 aromatic carbocycles. The molecule has 1 aromatic rings. The molecule has 0 atom stereocenters. The second-order valence-corrected chi connectivity index (χ2v) is 3.02. The Hall–Kier alpha value is -1.38. The van der Waals surface area contributed by atoms with Gasteiger partial charge in [-0.2, -0.15) is 0 Å². The average Bonchev–Trinajstić information content (AvgIpc) is 2.07. The maximum Gasteiger partial charge on any atom is 0.148 e. The Balaban J connectivity index is 2.68. The monoisotopic (exact) mass is 181 g/mol. The summed E-state index contributed by atoms with van der Waals surface area (Å²) in [5.41, 5.74) is 1.35. The number of halogens is 1. The molecular weight excluding hydrogens is 169 g/mol. The van der Waals surface area contributed by atoms with Crippen molar-refractivity contribution in [2.24, 2.45) is 0 Å². The largest absolute Gasteiger partial charge is 0.378 e. The molecule has 0 amide bonds. The second kappa shape index (κ2) is 4.03. The maximum atomic E-state index is 12.8. The number of aryl methyl sites for hydroxylation is 1. The average molecular weight is 181 g/mol. The van der Waals surface area contributed by atoms with Crippen molar-refractivity contribution in [1.29, 1.82) is 0 Å². The third-order valence-corrected chi connectivity index (χ3v) is 1.70. The maximum absolute atomic E-state index is 12.8. The molecule has 0 aliphatic carbocycles. The number of Topliss-reactive ketones (excluding diaryl/α,β-unsaturated/α-hetero) is 1. The molecule has 0 fully saturated rings. The summed E-state index contributed by atoms with van der Waals surface area (Å²) in [6.45, 7) is 3.47. The number of carbonyl (C=O) groups excluding carboxylic acids is 1. The van der Waals surface area contributed by atoms with Gasteiger partial charge in [-0.15, -0.1) is 0 Å². The predicted molar refractivity (Wildman–Crippen MR) is 50.3 cm³/mol. The van der Waals surface area contributed by atoms with E-state index in [-0.39, 0.29) is 18.1 Å². The van der Waals surface area contributed by atoms with Gasteiger partial charge in [0, 0.05) is 5.69 Å². The van der Waals surface area contributed by atoms with Crippen LogP contribution in [-0.4, -0.2) is 12.3 Å². The highest BCUT2D eigenvalue weighted by molar-refractivity contribution is 5.80. The fourth-order valence-electron chi connectivity index (χ4n) is 0.981. The normalized spacial score (nSPS) is 9.77. The van der Waals surface area contributed by atoms with Crippen molar-refractivity contribution in [2.75, 3.05) is 11.9 Å².